The van der Waals surface area contributed by atoms with E-state index in [2.05, 4.69) is 5.10 Å². The van der Waals surface area contributed by atoms with Gasteiger partial charge in [0.25, 0.3) is 5.91 Å². The molecule has 0 aliphatic carbocycles. The zero-order valence-electron chi connectivity index (χ0n) is 18.3. The van der Waals surface area contributed by atoms with Crippen LogP contribution in [0.1, 0.15) is 33.3 Å². The van der Waals surface area contributed by atoms with Crippen molar-refractivity contribution in [1.82, 2.24) is 0 Å². The molecule has 0 atom stereocenters. The summed E-state index contributed by atoms with van der Waals surface area (Å²) in [4.78, 5) is 24.8. The summed E-state index contributed by atoms with van der Waals surface area (Å²) in [7, 11) is 1.51. The van der Waals surface area contributed by atoms with E-state index in [9.17, 15) is 9.59 Å². The smallest absolute Gasteiger partial charge is 0.344 e. The molecule has 0 radical (unpaired) electrons. The molecule has 162 valence electrons. The molecule has 0 bridgehead atoms. The second-order valence-corrected chi connectivity index (χ2v) is 7.98. The number of methoxy groups -OCH3 is 1. The fourth-order valence-electron chi connectivity index (χ4n) is 3.00. The normalized spacial score (nSPS) is 15.1. The lowest BCUT2D eigenvalue weighted by molar-refractivity contribution is -0.157. The predicted molar refractivity (Wildman–Crippen MR) is 119 cm³/mol. The Hall–Kier alpha value is -3.61. The third-order valence-electron chi connectivity index (χ3n) is 4.33. The number of nitrogens with zero attached hydrogens (tertiary/aromatic N) is 2. The van der Waals surface area contributed by atoms with Gasteiger partial charge in [0, 0.05) is 0 Å². The van der Waals surface area contributed by atoms with Gasteiger partial charge in [-0.15, -0.1) is 0 Å². The largest absolute Gasteiger partial charge is 0.493 e. The third-order valence-corrected chi connectivity index (χ3v) is 4.33. The second-order valence-electron chi connectivity index (χ2n) is 7.98. The number of amides is 1. The number of ether oxygens (including phenoxy) is 3. The summed E-state index contributed by atoms with van der Waals surface area (Å²) < 4.78 is 16.2. The lowest BCUT2D eigenvalue weighted by Gasteiger charge is -2.19. The van der Waals surface area contributed by atoms with Crippen molar-refractivity contribution >= 4 is 29.4 Å². The van der Waals surface area contributed by atoms with Gasteiger partial charge in [-0.25, -0.2) is 4.79 Å². The summed E-state index contributed by atoms with van der Waals surface area (Å²) in [6.45, 7) is 6.94. The van der Waals surface area contributed by atoms with Gasteiger partial charge < -0.3 is 14.2 Å². The van der Waals surface area contributed by atoms with E-state index in [4.69, 9.17) is 14.2 Å². The second kappa shape index (κ2) is 9.04. The van der Waals surface area contributed by atoms with Crippen LogP contribution in [0.2, 0.25) is 0 Å². The molecule has 0 spiro atoms. The molecule has 0 fully saturated rings. The number of benzene rings is 2. The highest BCUT2D eigenvalue weighted by Crippen LogP contribution is 2.30. The van der Waals surface area contributed by atoms with Crippen molar-refractivity contribution in [3.63, 3.8) is 0 Å². The van der Waals surface area contributed by atoms with Crippen molar-refractivity contribution in [2.24, 2.45) is 5.10 Å². The highest BCUT2D eigenvalue weighted by Gasteiger charge is 2.28. The summed E-state index contributed by atoms with van der Waals surface area (Å²) in [5, 5.41) is 5.77. The first-order valence-corrected chi connectivity index (χ1v) is 9.87. The zero-order chi connectivity index (χ0) is 22.6. The molecule has 0 unspecified atom stereocenters. The molecule has 31 heavy (non-hydrogen) atoms. The molecule has 2 aromatic rings. The number of para-hydroxylation sites is 1. The molecule has 1 heterocycles. The fourth-order valence-corrected chi connectivity index (χ4v) is 3.00. The molecule has 1 amide bonds. The van der Waals surface area contributed by atoms with E-state index in [1.807, 2.05) is 30.3 Å². The van der Waals surface area contributed by atoms with E-state index in [0.29, 0.717) is 28.5 Å². The van der Waals surface area contributed by atoms with Gasteiger partial charge >= 0.3 is 5.97 Å². The van der Waals surface area contributed by atoms with E-state index in [1.54, 1.807) is 52.0 Å². The molecule has 0 N–H and O–H groups in total. The zero-order valence-corrected chi connectivity index (χ0v) is 18.3. The summed E-state index contributed by atoms with van der Waals surface area (Å²) >= 11 is 0. The summed E-state index contributed by atoms with van der Waals surface area (Å²) in [5.74, 6) is 0.181. The molecule has 0 aromatic heterocycles. The first-order chi connectivity index (χ1) is 14.7. The average molecular weight is 422 g/mol. The number of hydrogen-bond donors (Lipinski definition) is 0. The van der Waals surface area contributed by atoms with Gasteiger partial charge in [0.1, 0.15) is 5.60 Å². The summed E-state index contributed by atoms with van der Waals surface area (Å²) in [5.41, 5.74) is 1.99. The van der Waals surface area contributed by atoms with Gasteiger partial charge in [-0.05, 0) is 63.6 Å². The molecule has 7 heteroatoms. The van der Waals surface area contributed by atoms with Gasteiger partial charge in [0.05, 0.1) is 24.1 Å². The van der Waals surface area contributed by atoms with Crippen molar-refractivity contribution in [1.29, 1.82) is 0 Å². The highest BCUT2D eigenvalue weighted by molar-refractivity contribution is 6.32. The Labute approximate surface area is 181 Å². The maximum atomic E-state index is 12.9. The quantitative estimate of drug-likeness (QED) is 0.515. The lowest BCUT2D eigenvalue weighted by Crippen LogP contribution is -2.27. The van der Waals surface area contributed by atoms with Gasteiger partial charge in [0.2, 0.25) is 0 Å². The number of carbonyl (C=O) groups excluding carboxylic acids is 2. The SMILES string of the molecule is COc1cc(/C=C2\C(=O)N(c3ccccc3)N=C2C)ccc1OCC(=O)OC(C)(C)C. The molecule has 1 aliphatic heterocycles. The topological polar surface area (TPSA) is 77.4 Å². The van der Waals surface area contributed by atoms with Gasteiger partial charge in [-0.1, -0.05) is 24.3 Å². The average Bonchev–Trinajstić information content (AvgIpc) is 3.00. The molecule has 0 saturated heterocycles. The number of esters is 1. The highest BCUT2D eigenvalue weighted by atomic mass is 16.6. The molecule has 3 rings (SSSR count). The summed E-state index contributed by atoms with van der Waals surface area (Å²) in [6, 6.07) is 14.5. The van der Waals surface area contributed by atoms with Gasteiger partial charge in [-0.2, -0.15) is 10.1 Å². The minimum Gasteiger partial charge on any atom is -0.493 e. The lowest BCUT2D eigenvalue weighted by atomic mass is 10.1. The molecule has 0 saturated carbocycles. The fraction of sp³-hybridized carbons (Fsp3) is 0.292. The van der Waals surface area contributed by atoms with Crippen molar-refractivity contribution < 1.29 is 23.8 Å². The van der Waals surface area contributed by atoms with Crippen LogP contribution in [0.5, 0.6) is 11.5 Å². The van der Waals surface area contributed by atoms with Crippen molar-refractivity contribution in [3.8, 4) is 11.5 Å². The van der Waals surface area contributed by atoms with Crippen molar-refractivity contribution in [2.45, 2.75) is 33.3 Å². The number of hydrazone groups is 1. The van der Waals surface area contributed by atoms with Crippen molar-refractivity contribution in [3.05, 3.63) is 59.7 Å². The number of carbonyl (C=O) groups is 2. The Morgan fingerprint density at radius 2 is 1.81 bits per heavy atom. The Morgan fingerprint density at radius 1 is 1.10 bits per heavy atom. The Balaban J connectivity index is 1.77. The van der Waals surface area contributed by atoms with E-state index in [0.717, 1.165) is 5.56 Å². The predicted octanol–water partition coefficient (Wildman–Crippen LogP) is 4.22. The first kappa shape index (κ1) is 22.1. The number of hydrogen-bond acceptors (Lipinski definition) is 6. The molecular formula is C24H26N2O5. The summed E-state index contributed by atoms with van der Waals surface area (Å²) in [6.07, 6.45) is 1.75. The van der Waals surface area contributed by atoms with E-state index < -0.39 is 11.6 Å². The van der Waals surface area contributed by atoms with Crippen molar-refractivity contribution in [2.75, 3.05) is 18.7 Å². The van der Waals surface area contributed by atoms with Crippen LogP contribution in [0.15, 0.2) is 59.2 Å². The van der Waals surface area contributed by atoms with Crippen LogP contribution >= 0.6 is 0 Å². The molecular weight excluding hydrogens is 396 g/mol. The van der Waals surface area contributed by atoms with Crippen LogP contribution in [-0.2, 0) is 14.3 Å². The van der Waals surface area contributed by atoms with Gasteiger partial charge in [0.15, 0.2) is 18.1 Å². The van der Waals surface area contributed by atoms with Gasteiger partial charge in [-0.3, -0.25) is 4.79 Å². The van der Waals surface area contributed by atoms with Crippen LogP contribution < -0.4 is 14.5 Å². The van der Waals surface area contributed by atoms with E-state index in [-0.39, 0.29) is 12.5 Å². The number of rotatable bonds is 6. The third kappa shape index (κ3) is 5.51. The number of anilines is 1. The Kier molecular flexibility index (Phi) is 6.44. The van der Waals surface area contributed by atoms with E-state index >= 15 is 0 Å². The minimum atomic E-state index is -0.582. The van der Waals surface area contributed by atoms with Crippen LogP contribution in [0, 0.1) is 0 Å². The molecule has 1 aliphatic rings. The maximum absolute atomic E-state index is 12.9. The van der Waals surface area contributed by atoms with Crippen LogP contribution in [0.25, 0.3) is 6.08 Å². The van der Waals surface area contributed by atoms with Crippen LogP contribution in [0.4, 0.5) is 5.69 Å². The monoisotopic (exact) mass is 422 g/mol. The van der Waals surface area contributed by atoms with Crippen LogP contribution in [0.3, 0.4) is 0 Å². The Morgan fingerprint density at radius 3 is 2.45 bits per heavy atom. The minimum absolute atomic E-state index is 0.201. The standard InChI is InChI=1S/C24H26N2O5/c1-16-19(23(28)26(25-16)18-9-7-6-8-10-18)13-17-11-12-20(21(14-17)29-5)30-15-22(27)31-24(2,3)4/h6-14H,15H2,1-5H3/b19-13-. The molecule has 2 aromatic carbocycles. The van der Waals surface area contributed by atoms with Crippen LogP contribution in [-0.4, -0.2) is 36.9 Å². The van der Waals surface area contributed by atoms with E-state index in [1.165, 1.54) is 12.1 Å². The first-order valence-electron chi connectivity index (χ1n) is 9.87. The maximum Gasteiger partial charge on any atom is 0.344 e. The molecule has 7 nitrogen and oxygen atoms in total. The Bertz CT molecular complexity index is 1040.